The zero-order chi connectivity index (χ0) is 11.8. The number of aryl methyl sites for hydroxylation is 2. The minimum absolute atomic E-state index is 0.366. The van der Waals surface area contributed by atoms with Crippen LogP contribution >= 0.6 is 0 Å². The molecule has 0 radical (unpaired) electrons. The molecule has 2 heteroatoms. The molecule has 1 aliphatic carbocycles. The lowest BCUT2D eigenvalue weighted by molar-refractivity contribution is 0.0267. The molecule has 3 N–H and O–H groups in total. The molecule has 0 saturated heterocycles. The predicted octanol–water partition coefficient (Wildman–Crippen LogP) is 1.95. The molecule has 0 heterocycles. The number of benzene rings is 1. The number of aliphatic hydroxyl groups is 1. The van der Waals surface area contributed by atoms with Gasteiger partial charge in [-0.05, 0) is 38.2 Å². The number of hydrogen-bond donors (Lipinski definition) is 2. The van der Waals surface area contributed by atoms with E-state index in [4.69, 9.17) is 5.73 Å². The van der Waals surface area contributed by atoms with Crippen LogP contribution in [0.1, 0.15) is 29.5 Å². The lowest BCUT2D eigenvalue weighted by atomic mass is 9.88. The van der Waals surface area contributed by atoms with E-state index in [-0.39, 0.29) is 0 Å². The number of nitrogens with two attached hydrogens (primary N) is 1. The summed E-state index contributed by atoms with van der Waals surface area (Å²) in [6, 6.07) is 6.45. The highest BCUT2D eigenvalue weighted by atomic mass is 16.3. The van der Waals surface area contributed by atoms with E-state index in [2.05, 4.69) is 32.0 Å². The summed E-state index contributed by atoms with van der Waals surface area (Å²) < 4.78 is 0. The molecule has 0 bridgehead atoms. The fraction of sp³-hybridized carbons (Fsp3) is 0.571. The molecule has 0 aliphatic heterocycles. The zero-order valence-electron chi connectivity index (χ0n) is 10.2. The standard InChI is InChI=1S/C14H21NO/c1-10-5-11(2)7-12(6-10)8-14(16,9-15)13-3-4-13/h5-7,13,16H,3-4,8-9,15H2,1-2H3. The maximum atomic E-state index is 10.5. The van der Waals surface area contributed by atoms with Crippen LogP contribution in [0.15, 0.2) is 18.2 Å². The third kappa shape index (κ3) is 2.45. The molecule has 1 saturated carbocycles. The Bertz CT molecular complexity index is 364. The van der Waals surface area contributed by atoms with Crippen molar-refractivity contribution in [1.29, 1.82) is 0 Å². The molecule has 1 aliphatic rings. The van der Waals surface area contributed by atoms with E-state index in [1.54, 1.807) is 0 Å². The largest absolute Gasteiger partial charge is 0.388 e. The van der Waals surface area contributed by atoms with Crippen LogP contribution in [0, 0.1) is 19.8 Å². The Kier molecular flexibility index (Phi) is 3.04. The van der Waals surface area contributed by atoms with Crippen LogP contribution in [-0.2, 0) is 6.42 Å². The molecule has 88 valence electrons. The smallest absolute Gasteiger partial charge is 0.0837 e. The van der Waals surface area contributed by atoms with Crippen molar-refractivity contribution in [3.8, 4) is 0 Å². The first-order chi connectivity index (χ1) is 7.53. The Morgan fingerprint density at radius 3 is 2.25 bits per heavy atom. The van der Waals surface area contributed by atoms with Gasteiger partial charge in [0.1, 0.15) is 0 Å². The highest BCUT2D eigenvalue weighted by molar-refractivity contribution is 5.30. The van der Waals surface area contributed by atoms with E-state index in [0.29, 0.717) is 18.9 Å². The van der Waals surface area contributed by atoms with Crippen LogP contribution < -0.4 is 5.73 Å². The first-order valence-corrected chi connectivity index (χ1v) is 6.03. The summed E-state index contributed by atoms with van der Waals surface area (Å²) in [4.78, 5) is 0. The second-order valence-corrected chi connectivity index (χ2v) is 5.25. The van der Waals surface area contributed by atoms with Gasteiger partial charge in [0.05, 0.1) is 5.60 Å². The molecular formula is C14H21NO. The summed E-state index contributed by atoms with van der Waals surface area (Å²) in [6.45, 7) is 4.55. The molecule has 1 aromatic carbocycles. The predicted molar refractivity (Wildman–Crippen MR) is 66.3 cm³/mol. The van der Waals surface area contributed by atoms with Gasteiger partial charge in [0.25, 0.3) is 0 Å². The van der Waals surface area contributed by atoms with Gasteiger partial charge in [0.2, 0.25) is 0 Å². The molecular weight excluding hydrogens is 198 g/mol. The van der Waals surface area contributed by atoms with Gasteiger partial charge in [0, 0.05) is 13.0 Å². The van der Waals surface area contributed by atoms with Crippen molar-refractivity contribution in [2.24, 2.45) is 11.7 Å². The summed E-state index contributed by atoms with van der Waals surface area (Å²) in [7, 11) is 0. The average molecular weight is 219 g/mol. The normalized spacial score (nSPS) is 19.5. The zero-order valence-corrected chi connectivity index (χ0v) is 10.2. The van der Waals surface area contributed by atoms with Gasteiger partial charge < -0.3 is 10.8 Å². The van der Waals surface area contributed by atoms with E-state index < -0.39 is 5.60 Å². The van der Waals surface area contributed by atoms with Crippen molar-refractivity contribution < 1.29 is 5.11 Å². The van der Waals surface area contributed by atoms with Crippen molar-refractivity contribution in [2.45, 2.75) is 38.7 Å². The van der Waals surface area contributed by atoms with Gasteiger partial charge in [0.15, 0.2) is 0 Å². The Labute approximate surface area is 97.5 Å². The van der Waals surface area contributed by atoms with Crippen molar-refractivity contribution in [2.75, 3.05) is 6.54 Å². The molecule has 1 aromatic rings. The van der Waals surface area contributed by atoms with Crippen LogP contribution in [0.25, 0.3) is 0 Å². The van der Waals surface area contributed by atoms with E-state index >= 15 is 0 Å². The lowest BCUT2D eigenvalue weighted by Gasteiger charge is -2.26. The minimum atomic E-state index is -0.680. The molecule has 1 unspecified atom stereocenters. The third-order valence-corrected chi connectivity index (χ3v) is 3.48. The molecule has 1 fully saturated rings. The van der Waals surface area contributed by atoms with Gasteiger partial charge in [-0.3, -0.25) is 0 Å². The van der Waals surface area contributed by atoms with Gasteiger partial charge >= 0.3 is 0 Å². The molecule has 0 aromatic heterocycles. The van der Waals surface area contributed by atoms with E-state index in [9.17, 15) is 5.11 Å². The molecule has 0 spiro atoms. The highest BCUT2D eigenvalue weighted by Gasteiger charge is 2.42. The van der Waals surface area contributed by atoms with Gasteiger partial charge in [-0.15, -0.1) is 0 Å². The van der Waals surface area contributed by atoms with Crippen LogP contribution in [0.3, 0.4) is 0 Å². The van der Waals surface area contributed by atoms with Crippen molar-refractivity contribution in [1.82, 2.24) is 0 Å². The molecule has 2 rings (SSSR count). The first-order valence-electron chi connectivity index (χ1n) is 6.03. The van der Waals surface area contributed by atoms with Gasteiger partial charge in [-0.1, -0.05) is 29.3 Å². The Morgan fingerprint density at radius 2 is 1.81 bits per heavy atom. The van der Waals surface area contributed by atoms with Crippen molar-refractivity contribution >= 4 is 0 Å². The number of rotatable bonds is 4. The summed E-state index contributed by atoms with van der Waals surface area (Å²) in [5.41, 5.74) is 8.76. The van der Waals surface area contributed by atoms with Crippen LogP contribution in [-0.4, -0.2) is 17.3 Å². The summed E-state index contributed by atoms with van der Waals surface area (Å²) in [5.74, 6) is 0.415. The topological polar surface area (TPSA) is 46.2 Å². The fourth-order valence-electron chi connectivity index (χ4n) is 2.53. The Balaban J connectivity index is 2.18. The Morgan fingerprint density at radius 1 is 1.25 bits per heavy atom. The number of hydrogen-bond acceptors (Lipinski definition) is 2. The maximum absolute atomic E-state index is 10.5. The lowest BCUT2D eigenvalue weighted by Crippen LogP contribution is -2.42. The summed E-state index contributed by atoms with van der Waals surface area (Å²) in [5, 5.41) is 10.5. The third-order valence-electron chi connectivity index (χ3n) is 3.48. The second kappa shape index (κ2) is 4.19. The molecule has 16 heavy (non-hydrogen) atoms. The van der Waals surface area contributed by atoms with Gasteiger partial charge in [-0.2, -0.15) is 0 Å². The van der Waals surface area contributed by atoms with Crippen LogP contribution in [0.2, 0.25) is 0 Å². The van der Waals surface area contributed by atoms with Crippen LogP contribution in [0.5, 0.6) is 0 Å². The summed E-state index contributed by atoms with van der Waals surface area (Å²) in [6.07, 6.45) is 2.94. The summed E-state index contributed by atoms with van der Waals surface area (Å²) >= 11 is 0. The monoisotopic (exact) mass is 219 g/mol. The molecule has 1 atom stereocenters. The van der Waals surface area contributed by atoms with Gasteiger partial charge in [-0.25, -0.2) is 0 Å². The SMILES string of the molecule is Cc1cc(C)cc(CC(O)(CN)C2CC2)c1. The van der Waals surface area contributed by atoms with Crippen molar-refractivity contribution in [3.63, 3.8) is 0 Å². The highest BCUT2D eigenvalue weighted by Crippen LogP contribution is 2.41. The van der Waals surface area contributed by atoms with Crippen molar-refractivity contribution in [3.05, 3.63) is 34.9 Å². The quantitative estimate of drug-likeness (QED) is 0.813. The van der Waals surface area contributed by atoms with E-state index in [1.165, 1.54) is 16.7 Å². The van der Waals surface area contributed by atoms with Crippen LogP contribution in [0.4, 0.5) is 0 Å². The minimum Gasteiger partial charge on any atom is -0.388 e. The molecule has 2 nitrogen and oxygen atoms in total. The first kappa shape index (κ1) is 11.6. The fourth-order valence-corrected chi connectivity index (χ4v) is 2.53. The van der Waals surface area contributed by atoms with E-state index in [1.807, 2.05) is 0 Å². The molecule has 0 amide bonds. The Hall–Kier alpha value is -0.860. The maximum Gasteiger partial charge on any atom is 0.0837 e. The average Bonchev–Trinajstić information content (AvgIpc) is 2.98. The second-order valence-electron chi connectivity index (χ2n) is 5.25. The van der Waals surface area contributed by atoms with E-state index in [0.717, 1.165) is 12.8 Å².